The van der Waals surface area contributed by atoms with Gasteiger partial charge < -0.3 is 15.8 Å². The van der Waals surface area contributed by atoms with E-state index in [4.69, 9.17) is 10.5 Å². The van der Waals surface area contributed by atoms with Crippen molar-refractivity contribution in [2.24, 2.45) is 11.8 Å². The second-order valence-corrected chi connectivity index (χ2v) is 6.51. The van der Waals surface area contributed by atoms with Gasteiger partial charge in [0.25, 0.3) is 0 Å². The number of hydrogen-bond donors (Lipinski definition) is 2. The Morgan fingerprint density at radius 2 is 2.05 bits per heavy atom. The zero-order valence-corrected chi connectivity index (χ0v) is 13.7. The summed E-state index contributed by atoms with van der Waals surface area (Å²) in [6, 6.07) is 6.58. The Balaban J connectivity index is 2.10. The zero-order chi connectivity index (χ0) is 15.2. The van der Waals surface area contributed by atoms with Crippen LogP contribution in [0, 0.1) is 11.8 Å². The number of nitrogens with one attached hydrogen (secondary N) is 1. The fourth-order valence-corrected chi connectivity index (χ4v) is 3.34. The number of hydrogen-bond acceptors (Lipinski definition) is 3. The highest BCUT2D eigenvalue weighted by atomic mass is 16.5. The third-order valence-electron chi connectivity index (χ3n) is 4.54. The van der Waals surface area contributed by atoms with Crippen LogP contribution in [0.1, 0.15) is 52.9 Å². The lowest BCUT2D eigenvalue weighted by Gasteiger charge is -2.36. The van der Waals surface area contributed by atoms with Gasteiger partial charge in [0.05, 0.1) is 18.0 Å². The molecule has 1 aromatic carbocycles. The van der Waals surface area contributed by atoms with E-state index in [0.717, 1.165) is 29.5 Å². The van der Waals surface area contributed by atoms with E-state index in [-0.39, 0.29) is 0 Å². The smallest absolute Gasteiger partial charge is 0.144 e. The van der Waals surface area contributed by atoms with Crippen LogP contribution in [0.5, 0.6) is 5.75 Å². The van der Waals surface area contributed by atoms with Gasteiger partial charge in [-0.05, 0) is 43.2 Å². The van der Waals surface area contributed by atoms with Gasteiger partial charge >= 0.3 is 0 Å². The minimum absolute atomic E-state index is 0.530. The topological polar surface area (TPSA) is 47.3 Å². The summed E-state index contributed by atoms with van der Waals surface area (Å²) in [5, 5.41) is 3.69. The van der Waals surface area contributed by atoms with E-state index in [9.17, 15) is 0 Å². The van der Waals surface area contributed by atoms with Crippen molar-refractivity contribution in [3.05, 3.63) is 18.2 Å². The summed E-state index contributed by atoms with van der Waals surface area (Å²) in [4.78, 5) is 0. The minimum Gasteiger partial charge on any atom is -0.491 e. The van der Waals surface area contributed by atoms with Gasteiger partial charge in [0, 0.05) is 6.04 Å². The lowest BCUT2D eigenvalue weighted by Crippen LogP contribution is -2.35. The highest BCUT2D eigenvalue weighted by Crippen LogP contribution is 2.35. The van der Waals surface area contributed by atoms with Gasteiger partial charge in [-0.3, -0.25) is 0 Å². The molecule has 2 atom stereocenters. The molecule has 1 saturated carbocycles. The maximum atomic E-state index is 6.28. The molecular formula is C18H30N2O. The van der Waals surface area contributed by atoms with E-state index in [1.807, 2.05) is 12.1 Å². The highest BCUT2D eigenvalue weighted by Gasteiger charge is 2.27. The minimum atomic E-state index is 0.530. The van der Waals surface area contributed by atoms with E-state index >= 15 is 0 Å². The molecule has 3 heteroatoms. The molecule has 0 saturated heterocycles. The molecule has 0 amide bonds. The monoisotopic (exact) mass is 290 g/mol. The van der Waals surface area contributed by atoms with Crippen LogP contribution < -0.4 is 15.8 Å². The van der Waals surface area contributed by atoms with E-state index < -0.39 is 0 Å². The Morgan fingerprint density at radius 3 is 2.76 bits per heavy atom. The molecular weight excluding hydrogens is 260 g/mol. The fourth-order valence-electron chi connectivity index (χ4n) is 3.34. The number of nitrogen functional groups attached to an aromatic ring is 1. The summed E-state index contributed by atoms with van der Waals surface area (Å²) in [6.07, 6.45) is 6.22. The average molecular weight is 290 g/mol. The third-order valence-corrected chi connectivity index (χ3v) is 4.54. The van der Waals surface area contributed by atoms with Crippen LogP contribution in [0.3, 0.4) is 0 Å². The van der Waals surface area contributed by atoms with Crippen LogP contribution in [-0.2, 0) is 0 Å². The first-order valence-corrected chi connectivity index (χ1v) is 8.41. The molecule has 0 radical (unpaired) electrons. The molecule has 1 fully saturated rings. The molecule has 1 aliphatic carbocycles. The molecule has 3 N–H and O–H groups in total. The molecule has 0 spiro atoms. The van der Waals surface area contributed by atoms with Crippen molar-refractivity contribution in [3.63, 3.8) is 0 Å². The largest absolute Gasteiger partial charge is 0.491 e. The number of para-hydroxylation sites is 1. The summed E-state index contributed by atoms with van der Waals surface area (Å²) >= 11 is 0. The van der Waals surface area contributed by atoms with Gasteiger partial charge in [0.1, 0.15) is 5.75 Å². The Morgan fingerprint density at radius 1 is 1.29 bits per heavy atom. The number of nitrogens with two attached hydrogens (primary N) is 1. The average Bonchev–Trinajstić information content (AvgIpc) is 2.48. The van der Waals surface area contributed by atoms with Gasteiger partial charge in [-0.25, -0.2) is 0 Å². The van der Waals surface area contributed by atoms with Gasteiger partial charge in [-0.15, -0.1) is 0 Å². The molecule has 1 aromatic rings. The molecule has 21 heavy (non-hydrogen) atoms. The molecule has 118 valence electrons. The molecule has 2 unspecified atom stereocenters. The predicted octanol–water partition coefficient (Wildman–Crippen LogP) is 4.68. The van der Waals surface area contributed by atoms with E-state index in [1.54, 1.807) is 0 Å². The summed E-state index contributed by atoms with van der Waals surface area (Å²) < 4.78 is 5.73. The maximum Gasteiger partial charge on any atom is 0.144 e. The van der Waals surface area contributed by atoms with Crippen LogP contribution in [-0.4, -0.2) is 12.6 Å². The summed E-state index contributed by atoms with van der Waals surface area (Å²) in [5.74, 6) is 2.25. The molecule has 0 aromatic heterocycles. The van der Waals surface area contributed by atoms with Crippen molar-refractivity contribution in [3.8, 4) is 5.75 Å². The van der Waals surface area contributed by atoms with E-state index in [2.05, 4.69) is 32.2 Å². The molecule has 0 aliphatic heterocycles. The number of benzene rings is 1. The van der Waals surface area contributed by atoms with Crippen molar-refractivity contribution in [1.29, 1.82) is 0 Å². The lowest BCUT2D eigenvalue weighted by atomic mass is 9.77. The number of ether oxygens (including phenoxy) is 1. The molecule has 1 aliphatic rings. The second-order valence-electron chi connectivity index (χ2n) is 6.51. The highest BCUT2D eigenvalue weighted by molar-refractivity contribution is 5.73. The van der Waals surface area contributed by atoms with Crippen LogP contribution in [0.15, 0.2) is 18.2 Å². The Bertz CT molecular complexity index is 445. The van der Waals surface area contributed by atoms with Crippen LogP contribution >= 0.6 is 0 Å². The summed E-state index contributed by atoms with van der Waals surface area (Å²) in [5.41, 5.74) is 8.05. The molecule has 0 heterocycles. The van der Waals surface area contributed by atoms with E-state index in [1.165, 1.54) is 25.7 Å². The van der Waals surface area contributed by atoms with E-state index in [0.29, 0.717) is 18.6 Å². The van der Waals surface area contributed by atoms with Crippen molar-refractivity contribution in [2.45, 2.75) is 58.9 Å². The first-order chi connectivity index (χ1) is 10.1. The molecule has 3 nitrogen and oxygen atoms in total. The Hall–Kier alpha value is -1.38. The van der Waals surface area contributed by atoms with Crippen molar-refractivity contribution in [1.82, 2.24) is 0 Å². The van der Waals surface area contributed by atoms with Crippen LogP contribution in [0.4, 0.5) is 11.4 Å². The lowest BCUT2D eigenvalue weighted by molar-refractivity contribution is 0.254. The van der Waals surface area contributed by atoms with Gasteiger partial charge in [-0.2, -0.15) is 0 Å². The fraction of sp³-hybridized carbons (Fsp3) is 0.667. The predicted molar refractivity (Wildman–Crippen MR) is 90.8 cm³/mol. The van der Waals surface area contributed by atoms with Gasteiger partial charge in [0.2, 0.25) is 0 Å². The Labute approximate surface area is 129 Å². The Kier molecular flexibility index (Phi) is 5.77. The normalized spacial score (nSPS) is 22.3. The second kappa shape index (κ2) is 7.58. The number of rotatable bonds is 6. The van der Waals surface area contributed by atoms with Crippen LogP contribution in [0.25, 0.3) is 0 Å². The van der Waals surface area contributed by atoms with Crippen molar-refractivity contribution in [2.75, 3.05) is 17.7 Å². The molecule has 2 rings (SSSR count). The zero-order valence-electron chi connectivity index (χ0n) is 13.7. The number of anilines is 2. The van der Waals surface area contributed by atoms with Gasteiger partial charge in [-0.1, -0.05) is 39.7 Å². The van der Waals surface area contributed by atoms with Crippen molar-refractivity contribution >= 4 is 11.4 Å². The van der Waals surface area contributed by atoms with Crippen molar-refractivity contribution < 1.29 is 4.74 Å². The quantitative estimate of drug-likeness (QED) is 0.747. The standard InChI is InChI=1S/C18H30N2O/c1-4-12-21-17-11-7-10-16(18(17)19)20-15-9-6-5-8-14(15)13(2)3/h7,10-11,13-15,20H,4-6,8-9,12,19H2,1-3H3. The first kappa shape index (κ1) is 16.0. The first-order valence-electron chi connectivity index (χ1n) is 8.41. The van der Waals surface area contributed by atoms with Crippen LogP contribution in [0.2, 0.25) is 0 Å². The SMILES string of the molecule is CCCOc1cccc(NC2CCCCC2C(C)C)c1N. The summed E-state index contributed by atoms with van der Waals surface area (Å²) in [7, 11) is 0. The maximum absolute atomic E-state index is 6.28. The molecule has 0 bridgehead atoms. The van der Waals surface area contributed by atoms with Gasteiger partial charge in [0.15, 0.2) is 0 Å². The third kappa shape index (κ3) is 4.05. The summed E-state index contributed by atoms with van der Waals surface area (Å²) in [6.45, 7) is 7.48.